The van der Waals surface area contributed by atoms with Gasteiger partial charge in [-0.05, 0) is 30.2 Å². The lowest BCUT2D eigenvalue weighted by Gasteiger charge is -2.06. The fourth-order valence-electron chi connectivity index (χ4n) is 1.22. The molecular formula is C12H17O2. The minimum absolute atomic E-state index is 0.0200. The molecule has 2 nitrogen and oxygen atoms in total. The van der Waals surface area contributed by atoms with Crippen molar-refractivity contribution in [2.24, 2.45) is 0 Å². The predicted molar refractivity (Wildman–Crippen MR) is 56.2 cm³/mol. The van der Waals surface area contributed by atoms with Crippen LogP contribution in [0.3, 0.4) is 0 Å². The third-order valence-corrected chi connectivity index (χ3v) is 2.02. The Labute approximate surface area is 85.5 Å². The molecule has 1 aromatic rings. The highest BCUT2D eigenvalue weighted by Gasteiger charge is 1.95. The van der Waals surface area contributed by atoms with Crippen molar-refractivity contribution in [3.05, 3.63) is 29.8 Å². The third kappa shape index (κ3) is 3.79. The molecule has 0 unspecified atom stereocenters. The van der Waals surface area contributed by atoms with E-state index >= 15 is 0 Å². The molecule has 0 heterocycles. The number of rotatable bonds is 6. The molecule has 0 aliphatic heterocycles. The van der Waals surface area contributed by atoms with Crippen LogP contribution in [0.4, 0.5) is 0 Å². The van der Waals surface area contributed by atoms with Crippen LogP contribution in [0.2, 0.25) is 0 Å². The molecule has 1 radical (unpaired) electrons. The number of hydrogen-bond donors (Lipinski definition) is 1. The third-order valence-electron chi connectivity index (χ3n) is 2.02. The Morgan fingerprint density at radius 3 is 3.00 bits per heavy atom. The number of hydrogen-bond acceptors (Lipinski definition) is 2. The van der Waals surface area contributed by atoms with Gasteiger partial charge in [0.2, 0.25) is 0 Å². The van der Waals surface area contributed by atoms with Gasteiger partial charge < -0.3 is 9.84 Å². The number of benzene rings is 1. The van der Waals surface area contributed by atoms with Crippen LogP contribution in [0.15, 0.2) is 18.2 Å². The second-order valence-electron chi connectivity index (χ2n) is 3.26. The second-order valence-corrected chi connectivity index (χ2v) is 3.26. The van der Waals surface area contributed by atoms with Gasteiger partial charge in [-0.3, -0.25) is 0 Å². The van der Waals surface area contributed by atoms with Crippen molar-refractivity contribution in [1.82, 2.24) is 0 Å². The van der Waals surface area contributed by atoms with Crippen molar-refractivity contribution in [2.75, 3.05) is 6.61 Å². The lowest BCUT2D eigenvalue weighted by atomic mass is 10.2. The molecule has 0 aliphatic carbocycles. The first kappa shape index (κ1) is 11.1. The van der Waals surface area contributed by atoms with Crippen LogP contribution in [0, 0.1) is 6.07 Å². The SMILES string of the molecule is CCCCCOc1cc[c]c(CO)c1. The summed E-state index contributed by atoms with van der Waals surface area (Å²) in [5, 5.41) is 8.88. The standard InChI is InChI=1S/C12H17O2/c1-2-3-4-8-14-12-7-5-6-11(9-12)10-13/h5,7,9,13H,2-4,8,10H2,1H3. The Bertz CT molecular complexity index is 258. The summed E-state index contributed by atoms with van der Waals surface area (Å²) in [6.07, 6.45) is 3.49. The Kier molecular flexibility index (Phi) is 5.08. The molecule has 0 fully saturated rings. The van der Waals surface area contributed by atoms with Crippen LogP contribution < -0.4 is 4.74 Å². The number of aliphatic hydroxyl groups is 1. The second kappa shape index (κ2) is 6.44. The van der Waals surface area contributed by atoms with E-state index in [2.05, 4.69) is 13.0 Å². The van der Waals surface area contributed by atoms with Crippen LogP contribution >= 0.6 is 0 Å². The molecule has 1 aromatic carbocycles. The molecule has 0 bridgehead atoms. The maximum Gasteiger partial charge on any atom is 0.119 e. The highest BCUT2D eigenvalue weighted by molar-refractivity contribution is 5.26. The van der Waals surface area contributed by atoms with Gasteiger partial charge in [0.25, 0.3) is 0 Å². The van der Waals surface area contributed by atoms with E-state index in [0.29, 0.717) is 0 Å². The van der Waals surface area contributed by atoms with E-state index in [-0.39, 0.29) is 6.61 Å². The fourth-order valence-corrected chi connectivity index (χ4v) is 1.22. The molecule has 0 amide bonds. The zero-order valence-corrected chi connectivity index (χ0v) is 8.62. The molecule has 0 aliphatic rings. The monoisotopic (exact) mass is 193 g/mol. The Balaban J connectivity index is 2.34. The molecule has 2 heteroatoms. The van der Waals surface area contributed by atoms with Gasteiger partial charge in [-0.2, -0.15) is 0 Å². The summed E-state index contributed by atoms with van der Waals surface area (Å²) in [6, 6.07) is 8.40. The van der Waals surface area contributed by atoms with E-state index in [4.69, 9.17) is 9.84 Å². The number of aliphatic hydroxyl groups excluding tert-OH is 1. The molecule has 0 saturated carbocycles. The van der Waals surface area contributed by atoms with Crippen molar-refractivity contribution < 1.29 is 9.84 Å². The van der Waals surface area contributed by atoms with Crippen molar-refractivity contribution in [3.8, 4) is 5.75 Å². The average Bonchev–Trinajstić information content (AvgIpc) is 2.25. The lowest BCUT2D eigenvalue weighted by molar-refractivity contribution is 0.278. The van der Waals surface area contributed by atoms with Crippen molar-refractivity contribution in [1.29, 1.82) is 0 Å². The first-order valence-corrected chi connectivity index (χ1v) is 5.11. The average molecular weight is 193 g/mol. The van der Waals surface area contributed by atoms with E-state index in [9.17, 15) is 0 Å². The van der Waals surface area contributed by atoms with Crippen molar-refractivity contribution >= 4 is 0 Å². The van der Waals surface area contributed by atoms with E-state index in [0.717, 1.165) is 24.3 Å². The molecule has 0 spiro atoms. The quantitative estimate of drug-likeness (QED) is 0.703. The summed E-state index contributed by atoms with van der Waals surface area (Å²) in [6.45, 7) is 2.94. The topological polar surface area (TPSA) is 29.5 Å². The van der Waals surface area contributed by atoms with Gasteiger partial charge in [-0.25, -0.2) is 0 Å². The summed E-state index contributed by atoms with van der Waals surface area (Å²) in [7, 11) is 0. The molecule has 1 rings (SSSR count). The zero-order chi connectivity index (χ0) is 10.2. The maximum absolute atomic E-state index is 8.88. The Hall–Kier alpha value is -1.02. The summed E-state index contributed by atoms with van der Waals surface area (Å²) < 4.78 is 5.52. The van der Waals surface area contributed by atoms with Crippen LogP contribution in [0.5, 0.6) is 5.75 Å². The van der Waals surface area contributed by atoms with Crippen LogP contribution in [0.25, 0.3) is 0 Å². The first-order chi connectivity index (χ1) is 6.86. The normalized spacial score (nSPS) is 10.1. The largest absolute Gasteiger partial charge is 0.494 e. The zero-order valence-electron chi connectivity index (χ0n) is 8.62. The highest BCUT2D eigenvalue weighted by Crippen LogP contribution is 2.13. The molecule has 0 aromatic heterocycles. The molecule has 0 atom stereocenters. The minimum atomic E-state index is 0.0200. The van der Waals surface area contributed by atoms with Crippen LogP contribution in [-0.2, 0) is 6.61 Å². The first-order valence-electron chi connectivity index (χ1n) is 5.11. The molecule has 1 N–H and O–H groups in total. The molecule has 14 heavy (non-hydrogen) atoms. The summed E-state index contributed by atoms with van der Waals surface area (Å²) in [5.41, 5.74) is 0.776. The lowest BCUT2D eigenvalue weighted by Crippen LogP contribution is -1.97. The van der Waals surface area contributed by atoms with Crippen LogP contribution in [-0.4, -0.2) is 11.7 Å². The highest BCUT2D eigenvalue weighted by atomic mass is 16.5. The number of ether oxygens (including phenoxy) is 1. The Morgan fingerprint density at radius 1 is 1.43 bits per heavy atom. The summed E-state index contributed by atoms with van der Waals surface area (Å²) in [5.74, 6) is 0.823. The van der Waals surface area contributed by atoms with E-state index < -0.39 is 0 Å². The van der Waals surface area contributed by atoms with Gasteiger partial charge in [0.15, 0.2) is 0 Å². The molecular weight excluding hydrogens is 176 g/mol. The summed E-state index contributed by atoms with van der Waals surface area (Å²) in [4.78, 5) is 0. The van der Waals surface area contributed by atoms with Gasteiger partial charge in [-0.1, -0.05) is 25.8 Å². The van der Waals surface area contributed by atoms with Gasteiger partial charge in [0, 0.05) is 0 Å². The van der Waals surface area contributed by atoms with Crippen molar-refractivity contribution in [3.63, 3.8) is 0 Å². The smallest absolute Gasteiger partial charge is 0.119 e. The minimum Gasteiger partial charge on any atom is -0.494 e. The van der Waals surface area contributed by atoms with Crippen LogP contribution in [0.1, 0.15) is 31.7 Å². The van der Waals surface area contributed by atoms with E-state index in [1.807, 2.05) is 12.1 Å². The van der Waals surface area contributed by atoms with Gasteiger partial charge in [-0.15, -0.1) is 0 Å². The number of unbranched alkanes of at least 4 members (excludes halogenated alkanes) is 2. The summed E-state index contributed by atoms with van der Waals surface area (Å²) >= 11 is 0. The van der Waals surface area contributed by atoms with Gasteiger partial charge in [0.1, 0.15) is 5.75 Å². The van der Waals surface area contributed by atoms with Gasteiger partial charge >= 0.3 is 0 Å². The fraction of sp³-hybridized carbons (Fsp3) is 0.500. The van der Waals surface area contributed by atoms with E-state index in [1.165, 1.54) is 12.8 Å². The van der Waals surface area contributed by atoms with Gasteiger partial charge in [0.05, 0.1) is 13.2 Å². The predicted octanol–water partition coefficient (Wildman–Crippen LogP) is 2.55. The molecule has 0 saturated heterocycles. The Morgan fingerprint density at radius 2 is 2.29 bits per heavy atom. The van der Waals surface area contributed by atoms with Crippen molar-refractivity contribution in [2.45, 2.75) is 32.8 Å². The maximum atomic E-state index is 8.88. The molecule has 77 valence electrons. The van der Waals surface area contributed by atoms with E-state index in [1.54, 1.807) is 6.07 Å².